The van der Waals surface area contributed by atoms with Crippen LogP contribution in [0.4, 0.5) is 0 Å². The van der Waals surface area contributed by atoms with Crippen LogP contribution < -0.4 is 10.5 Å². The minimum Gasteiger partial charge on any atom is -0.489 e. The SMILES string of the molecule is C=CCOc1ccc(CN)cc1CC=C. The first-order valence-electron chi connectivity index (χ1n) is 4.98. The zero-order valence-corrected chi connectivity index (χ0v) is 8.91. The lowest BCUT2D eigenvalue weighted by molar-refractivity contribution is 0.360. The molecule has 1 aromatic carbocycles. The second-order valence-corrected chi connectivity index (χ2v) is 3.24. The summed E-state index contributed by atoms with van der Waals surface area (Å²) in [6.07, 6.45) is 4.38. The standard InChI is InChI=1S/C13H17NO/c1-3-5-12-9-11(10-14)6-7-13(12)15-8-4-2/h3-4,6-7,9H,1-2,5,8,10,14H2. The first-order valence-corrected chi connectivity index (χ1v) is 4.98. The molecule has 0 radical (unpaired) electrons. The molecule has 0 amide bonds. The van der Waals surface area contributed by atoms with Crippen molar-refractivity contribution in [1.82, 2.24) is 0 Å². The van der Waals surface area contributed by atoms with Crippen molar-refractivity contribution in [3.63, 3.8) is 0 Å². The third-order valence-electron chi connectivity index (χ3n) is 2.08. The van der Waals surface area contributed by atoms with E-state index in [1.54, 1.807) is 6.08 Å². The lowest BCUT2D eigenvalue weighted by Gasteiger charge is -2.10. The summed E-state index contributed by atoms with van der Waals surface area (Å²) in [5.74, 6) is 0.881. The Kier molecular flexibility index (Phi) is 4.64. The van der Waals surface area contributed by atoms with Gasteiger partial charge in [0.05, 0.1) is 0 Å². The highest BCUT2D eigenvalue weighted by Gasteiger charge is 2.02. The number of rotatable bonds is 6. The van der Waals surface area contributed by atoms with E-state index in [0.717, 1.165) is 23.3 Å². The minimum atomic E-state index is 0.520. The largest absolute Gasteiger partial charge is 0.489 e. The van der Waals surface area contributed by atoms with Crippen LogP contribution in [0.15, 0.2) is 43.5 Å². The molecule has 0 aliphatic rings. The maximum atomic E-state index is 5.58. The van der Waals surface area contributed by atoms with E-state index in [2.05, 4.69) is 19.2 Å². The fourth-order valence-corrected chi connectivity index (χ4v) is 1.36. The molecule has 0 aromatic heterocycles. The van der Waals surface area contributed by atoms with Crippen LogP contribution in [0.1, 0.15) is 11.1 Å². The van der Waals surface area contributed by atoms with Gasteiger partial charge in [-0.3, -0.25) is 0 Å². The summed E-state index contributed by atoms with van der Waals surface area (Å²) < 4.78 is 5.53. The predicted molar refractivity (Wildman–Crippen MR) is 63.9 cm³/mol. The van der Waals surface area contributed by atoms with Gasteiger partial charge in [0.25, 0.3) is 0 Å². The Balaban J connectivity index is 2.91. The van der Waals surface area contributed by atoms with Crippen LogP contribution in [0, 0.1) is 0 Å². The predicted octanol–water partition coefficient (Wildman–Crippen LogP) is 2.44. The molecule has 15 heavy (non-hydrogen) atoms. The van der Waals surface area contributed by atoms with Crippen molar-refractivity contribution in [2.75, 3.05) is 6.61 Å². The van der Waals surface area contributed by atoms with E-state index < -0.39 is 0 Å². The zero-order valence-electron chi connectivity index (χ0n) is 8.91. The molecule has 0 saturated carbocycles. The molecular weight excluding hydrogens is 186 g/mol. The van der Waals surface area contributed by atoms with Gasteiger partial charge < -0.3 is 10.5 Å². The average molecular weight is 203 g/mol. The van der Waals surface area contributed by atoms with Crippen LogP contribution >= 0.6 is 0 Å². The number of hydrogen-bond donors (Lipinski definition) is 1. The second-order valence-electron chi connectivity index (χ2n) is 3.24. The molecule has 1 rings (SSSR count). The minimum absolute atomic E-state index is 0.520. The Labute approximate surface area is 91.1 Å². The van der Waals surface area contributed by atoms with Crippen LogP contribution in [-0.2, 0) is 13.0 Å². The molecule has 0 fully saturated rings. The van der Waals surface area contributed by atoms with E-state index in [9.17, 15) is 0 Å². The highest BCUT2D eigenvalue weighted by atomic mass is 16.5. The van der Waals surface area contributed by atoms with Crippen molar-refractivity contribution in [2.45, 2.75) is 13.0 Å². The fourth-order valence-electron chi connectivity index (χ4n) is 1.36. The molecule has 0 spiro atoms. The summed E-state index contributed by atoms with van der Waals surface area (Å²) in [5, 5.41) is 0. The van der Waals surface area contributed by atoms with Crippen LogP contribution in [0.25, 0.3) is 0 Å². The molecule has 1 aromatic rings. The van der Waals surface area contributed by atoms with E-state index in [0.29, 0.717) is 13.2 Å². The summed E-state index contributed by atoms with van der Waals surface area (Å²) in [6.45, 7) is 8.41. The highest BCUT2D eigenvalue weighted by Crippen LogP contribution is 2.21. The quantitative estimate of drug-likeness (QED) is 0.721. The van der Waals surface area contributed by atoms with E-state index in [4.69, 9.17) is 10.5 Å². The smallest absolute Gasteiger partial charge is 0.123 e. The van der Waals surface area contributed by atoms with Gasteiger partial charge in [-0.05, 0) is 23.6 Å². The average Bonchev–Trinajstić information content (AvgIpc) is 2.27. The van der Waals surface area contributed by atoms with Crippen molar-refractivity contribution in [3.05, 3.63) is 54.6 Å². The van der Waals surface area contributed by atoms with Crippen molar-refractivity contribution < 1.29 is 4.74 Å². The first-order chi connectivity index (χ1) is 7.31. The van der Waals surface area contributed by atoms with Gasteiger partial charge in [0, 0.05) is 6.54 Å². The zero-order chi connectivity index (χ0) is 11.1. The van der Waals surface area contributed by atoms with Gasteiger partial charge in [0.1, 0.15) is 12.4 Å². The molecule has 80 valence electrons. The van der Waals surface area contributed by atoms with Gasteiger partial charge in [-0.15, -0.1) is 6.58 Å². The molecule has 0 atom stereocenters. The maximum absolute atomic E-state index is 5.58. The number of ether oxygens (including phenoxy) is 1. The van der Waals surface area contributed by atoms with Gasteiger partial charge in [-0.25, -0.2) is 0 Å². The summed E-state index contributed by atoms with van der Waals surface area (Å²) in [6, 6.07) is 5.98. The third kappa shape index (κ3) is 3.26. The molecule has 0 heterocycles. The molecule has 0 unspecified atom stereocenters. The second kappa shape index (κ2) is 6.04. The summed E-state index contributed by atoms with van der Waals surface area (Å²) in [4.78, 5) is 0. The van der Waals surface area contributed by atoms with E-state index in [1.165, 1.54) is 0 Å². The van der Waals surface area contributed by atoms with Crippen molar-refractivity contribution in [2.24, 2.45) is 5.73 Å². The Bertz CT molecular complexity index is 344. The number of benzene rings is 1. The van der Waals surface area contributed by atoms with Crippen LogP contribution in [0.2, 0.25) is 0 Å². The third-order valence-corrected chi connectivity index (χ3v) is 2.08. The van der Waals surface area contributed by atoms with E-state index >= 15 is 0 Å². The Morgan fingerprint density at radius 1 is 1.27 bits per heavy atom. The van der Waals surface area contributed by atoms with Crippen molar-refractivity contribution in [1.29, 1.82) is 0 Å². The van der Waals surface area contributed by atoms with Gasteiger partial charge in [0.15, 0.2) is 0 Å². The van der Waals surface area contributed by atoms with Crippen LogP contribution in [0.5, 0.6) is 5.75 Å². The molecular formula is C13H17NO. The number of hydrogen-bond acceptors (Lipinski definition) is 2. The highest BCUT2D eigenvalue weighted by molar-refractivity contribution is 5.38. The summed E-state index contributed by atoms with van der Waals surface area (Å²) in [5.41, 5.74) is 7.81. The molecule has 0 aliphatic carbocycles. The maximum Gasteiger partial charge on any atom is 0.123 e. The fraction of sp³-hybridized carbons (Fsp3) is 0.231. The van der Waals surface area contributed by atoms with Gasteiger partial charge in [0.2, 0.25) is 0 Å². The summed E-state index contributed by atoms with van der Waals surface area (Å²) in [7, 11) is 0. The van der Waals surface area contributed by atoms with E-state index in [1.807, 2.05) is 18.2 Å². The first kappa shape index (κ1) is 11.5. The Hall–Kier alpha value is -1.54. The van der Waals surface area contributed by atoms with Crippen LogP contribution in [0.3, 0.4) is 0 Å². The van der Waals surface area contributed by atoms with Gasteiger partial charge in [-0.1, -0.05) is 30.9 Å². The normalized spacial score (nSPS) is 9.67. The molecule has 2 nitrogen and oxygen atoms in total. The molecule has 2 heteroatoms. The van der Waals surface area contributed by atoms with Crippen LogP contribution in [-0.4, -0.2) is 6.61 Å². The number of nitrogens with two attached hydrogens (primary N) is 1. The molecule has 2 N–H and O–H groups in total. The van der Waals surface area contributed by atoms with Gasteiger partial charge >= 0.3 is 0 Å². The lowest BCUT2D eigenvalue weighted by Crippen LogP contribution is -2.01. The monoisotopic (exact) mass is 203 g/mol. The Morgan fingerprint density at radius 2 is 2.07 bits per heavy atom. The molecule has 0 aliphatic heterocycles. The Morgan fingerprint density at radius 3 is 2.67 bits per heavy atom. The van der Waals surface area contributed by atoms with Crippen molar-refractivity contribution >= 4 is 0 Å². The van der Waals surface area contributed by atoms with Gasteiger partial charge in [-0.2, -0.15) is 0 Å². The van der Waals surface area contributed by atoms with Crippen molar-refractivity contribution in [3.8, 4) is 5.75 Å². The lowest BCUT2D eigenvalue weighted by atomic mass is 10.1. The topological polar surface area (TPSA) is 35.2 Å². The summed E-state index contributed by atoms with van der Waals surface area (Å²) >= 11 is 0. The number of allylic oxidation sites excluding steroid dienone is 1. The molecule has 0 bridgehead atoms. The molecule has 0 saturated heterocycles. The van der Waals surface area contributed by atoms with E-state index in [-0.39, 0.29) is 0 Å².